The third-order valence-corrected chi connectivity index (χ3v) is 5.55. The van der Waals surface area contributed by atoms with E-state index in [1.54, 1.807) is 6.07 Å². The number of benzene rings is 2. The van der Waals surface area contributed by atoms with E-state index in [4.69, 9.17) is 20.8 Å². The molecule has 0 spiro atoms. The summed E-state index contributed by atoms with van der Waals surface area (Å²) in [4.78, 5) is 14.1. The van der Waals surface area contributed by atoms with E-state index in [0.717, 1.165) is 63.5 Å². The second-order valence-electron chi connectivity index (χ2n) is 7.11. The Morgan fingerprint density at radius 1 is 1.19 bits per heavy atom. The topological polar surface area (TPSA) is 42.7 Å². The van der Waals surface area contributed by atoms with Gasteiger partial charge >= 0.3 is 5.63 Å². The maximum Gasteiger partial charge on any atom is 0.336 e. The molecule has 27 heavy (non-hydrogen) atoms. The van der Waals surface area contributed by atoms with E-state index in [2.05, 4.69) is 24.0 Å². The molecule has 1 aliphatic heterocycles. The Bertz CT molecular complexity index is 1090. The highest BCUT2D eigenvalue weighted by Gasteiger charge is 2.23. The van der Waals surface area contributed by atoms with Crippen molar-refractivity contribution in [3.05, 3.63) is 68.0 Å². The second kappa shape index (κ2) is 6.93. The van der Waals surface area contributed by atoms with Gasteiger partial charge in [-0.1, -0.05) is 31.0 Å². The fourth-order valence-corrected chi connectivity index (χ4v) is 3.88. The highest BCUT2D eigenvalue weighted by molar-refractivity contribution is 6.31. The normalized spacial score (nSPS) is 13.6. The Morgan fingerprint density at radius 2 is 2.00 bits per heavy atom. The van der Waals surface area contributed by atoms with Gasteiger partial charge in [0.05, 0.1) is 0 Å². The van der Waals surface area contributed by atoms with Crippen molar-refractivity contribution in [3.63, 3.8) is 0 Å². The summed E-state index contributed by atoms with van der Waals surface area (Å²) in [6, 6.07) is 9.77. The van der Waals surface area contributed by atoms with Gasteiger partial charge in [0.25, 0.3) is 0 Å². The van der Waals surface area contributed by atoms with Gasteiger partial charge in [-0.3, -0.25) is 0 Å². The highest BCUT2D eigenvalue weighted by Crippen LogP contribution is 2.37. The maximum atomic E-state index is 12.0. The molecule has 1 aromatic heterocycles. The molecule has 0 atom stereocenters. The monoisotopic (exact) mass is 383 g/mol. The third-order valence-electron chi connectivity index (χ3n) is 5.14. The largest absolute Gasteiger partial charge is 0.472 e. The zero-order chi connectivity index (χ0) is 19.1. The lowest BCUT2D eigenvalue weighted by molar-refractivity contribution is 0.287. The first-order valence-electron chi connectivity index (χ1n) is 9.21. The van der Waals surface area contributed by atoms with Gasteiger partial charge < -0.3 is 14.1 Å². The van der Waals surface area contributed by atoms with E-state index in [1.165, 1.54) is 0 Å². The first kappa shape index (κ1) is 17.9. The zero-order valence-electron chi connectivity index (χ0n) is 15.8. The molecule has 1 aliphatic rings. The number of halogens is 1. The minimum absolute atomic E-state index is 0.305. The predicted molar refractivity (Wildman–Crippen MR) is 109 cm³/mol. The van der Waals surface area contributed by atoms with Gasteiger partial charge in [-0.15, -0.1) is 0 Å². The van der Waals surface area contributed by atoms with Crippen LogP contribution in [0.3, 0.4) is 0 Å². The van der Waals surface area contributed by atoms with Gasteiger partial charge in [-0.25, -0.2) is 4.79 Å². The summed E-state index contributed by atoms with van der Waals surface area (Å²) in [6.45, 7) is 7.20. The van der Waals surface area contributed by atoms with Crippen LogP contribution in [-0.2, 0) is 13.0 Å². The van der Waals surface area contributed by atoms with Crippen molar-refractivity contribution in [2.75, 3.05) is 11.6 Å². The van der Waals surface area contributed by atoms with Crippen LogP contribution in [0.25, 0.3) is 11.0 Å². The number of fused-ring (bicyclic) bond motifs is 2. The van der Waals surface area contributed by atoms with Crippen LogP contribution in [0.2, 0.25) is 5.02 Å². The minimum atomic E-state index is -0.305. The number of rotatable bonds is 3. The summed E-state index contributed by atoms with van der Waals surface area (Å²) in [5, 5.41) is 1.75. The van der Waals surface area contributed by atoms with E-state index >= 15 is 0 Å². The van der Waals surface area contributed by atoms with Crippen molar-refractivity contribution >= 4 is 28.3 Å². The Labute approximate surface area is 163 Å². The summed E-state index contributed by atoms with van der Waals surface area (Å²) >= 11 is 6.30. The van der Waals surface area contributed by atoms with Crippen LogP contribution in [0.5, 0.6) is 5.75 Å². The van der Waals surface area contributed by atoms with Crippen molar-refractivity contribution in [2.24, 2.45) is 0 Å². The van der Waals surface area contributed by atoms with Crippen molar-refractivity contribution in [1.29, 1.82) is 0 Å². The van der Waals surface area contributed by atoms with E-state index in [9.17, 15) is 4.79 Å². The average Bonchev–Trinajstić information content (AvgIpc) is 2.65. The first-order valence-corrected chi connectivity index (χ1v) is 9.59. The zero-order valence-corrected chi connectivity index (χ0v) is 16.5. The first-order chi connectivity index (χ1) is 13.0. The summed E-state index contributed by atoms with van der Waals surface area (Å²) in [5.74, 6) is 0.814. The third kappa shape index (κ3) is 3.19. The van der Waals surface area contributed by atoms with Crippen LogP contribution >= 0.6 is 11.6 Å². The molecule has 140 valence electrons. The molecule has 0 radical (unpaired) electrons. The highest BCUT2D eigenvalue weighted by atomic mass is 35.5. The van der Waals surface area contributed by atoms with E-state index in [0.29, 0.717) is 12.3 Å². The van der Waals surface area contributed by atoms with Crippen LogP contribution in [0, 0.1) is 13.8 Å². The molecular formula is C22H22ClNO3. The Hall–Kier alpha value is -2.46. The predicted octanol–water partition coefficient (Wildman–Crippen LogP) is 5.37. The Morgan fingerprint density at radius 3 is 2.74 bits per heavy atom. The molecule has 2 heterocycles. The molecule has 0 unspecified atom stereocenters. The molecule has 0 aliphatic carbocycles. The van der Waals surface area contributed by atoms with Gasteiger partial charge in [0, 0.05) is 39.8 Å². The smallest absolute Gasteiger partial charge is 0.336 e. The lowest BCUT2D eigenvalue weighted by atomic mass is 9.98. The number of anilines is 1. The number of hydrogen-bond donors (Lipinski definition) is 0. The summed E-state index contributed by atoms with van der Waals surface area (Å²) in [7, 11) is 0. The van der Waals surface area contributed by atoms with Crippen molar-refractivity contribution in [3.8, 4) is 5.75 Å². The van der Waals surface area contributed by atoms with Crippen molar-refractivity contribution in [2.45, 2.75) is 40.2 Å². The van der Waals surface area contributed by atoms with E-state index in [-0.39, 0.29) is 5.63 Å². The minimum Gasteiger partial charge on any atom is -0.472 e. The van der Waals surface area contributed by atoms with Gasteiger partial charge in [-0.2, -0.15) is 0 Å². The van der Waals surface area contributed by atoms with Crippen LogP contribution in [0.1, 0.15) is 35.6 Å². The van der Waals surface area contributed by atoms with Gasteiger partial charge in [0.2, 0.25) is 0 Å². The molecule has 0 N–H and O–H groups in total. The van der Waals surface area contributed by atoms with Gasteiger partial charge in [-0.05, 0) is 49.6 Å². The van der Waals surface area contributed by atoms with Crippen LogP contribution in [0.4, 0.5) is 5.69 Å². The van der Waals surface area contributed by atoms with Crippen LogP contribution < -0.4 is 15.3 Å². The molecule has 4 nitrogen and oxygen atoms in total. The molecule has 5 heteroatoms. The Balaban J connectivity index is 1.80. The number of ether oxygens (including phenoxy) is 1. The fraction of sp³-hybridized carbons (Fsp3) is 0.318. The SMILES string of the molecule is CCCc1cc(=O)oc2c(C)c3c(cc12)CN(c1ccc(C)c(Cl)c1)CO3. The van der Waals surface area contributed by atoms with Gasteiger partial charge in [0.15, 0.2) is 6.73 Å². The fourth-order valence-electron chi connectivity index (χ4n) is 3.70. The Kier molecular flexibility index (Phi) is 4.60. The number of nitrogens with zero attached hydrogens (tertiary/aromatic N) is 1. The van der Waals surface area contributed by atoms with Crippen LogP contribution in [0.15, 0.2) is 39.5 Å². The summed E-state index contributed by atoms with van der Waals surface area (Å²) in [5.41, 5.74) is 5.43. The van der Waals surface area contributed by atoms with E-state index in [1.807, 2.05) is 26.0 Å². The number of hydrogen-bond acceptors (Lipinski definition) is 4. The molecule has 0 saturated carbocycles. The molecular weight excluding hydrogens is 362 g/mol. The summed E-state index contributed by atoms with van der Waals surface area (Å²) < 4.78 is 11.6. The van der Waals surface area contributed by atoms with E-state index < -0.39 is 0 Å². The molecule has 0 fully saturated rings. The van der Waals surface area contributed by atoms with Gasteiger partial charge in [0.1, 0.15) is 11.3 Å². The molecule has 0 amide bonds. The standard InChI is InChI=1S/C22H22ClNO3/c1-4-5-15-9-20(25)27-22-14(3)21-16(8-18(15)22)11-24(12-26-21)17-7-6-13(2)19(23)10-17/h6-10H,4-5,11-12H2,1-3H3. The lowest BCUT2D eigenvalue weighted by Crippen LogP contribution is -2.32. The molecule has 0 bridgehead atoms. The molecule has 3 aromatic rings. The molecule has 0 saturated heterocycles. The number of aryl methyl sites for hydroxylation is 3. The van der Waals surface area contributed by atoms with Crippen molar-refractivity contribution < 1.29 is 9.15 Å². The second-order valence-corrected chi connectivity index (χ2v) is 7.52. The molecule has 4 rings (SSSR count). The van der Waals surface area contributed by atoms with Crippen molar-refractivity contribution in [1.82, 2.24) is 0 Å². The quantitative estimate of drug-likeness (QED) is 0.570. The lowest BCUT2D eigenvalue weighted by Gasteiger charge is -2.32. The molecule has 2 aromatic carbocycles. The summed E-state index contributed by atoms with van der Waals surface area (Å²) in [6.07, 6.45) is 1.82. The maximum absolute atomic E-state index is 12.0. The van der Waals surface area contributed by atoms with Crippen LogP contribution in [-0.4, -0.2) is 6.73 Å². The average molecular weight is 384 g/mol.